The predicted molar refractivity (Wildman–Crippen MR) is 315 cm³/mol. The van der Waals surface area contributed by atoms with Crippen LogP contribution in [-0.4, -0.2) is 55.3 Å². The largest absolute Gasteiger partial charge is 0.461 e. The molecule has 5 fully saturated rings. The molecule has 13 rings (SSSR count). The minimum atomic E-state index is -0.524. The normalized spacial score (nSPS) is 21.2. The molecular weight excluding hydrogens is 1050 g/mol. The molecule has 0 radical (unpaired) electrons. The summed E-state index contributed by atoms with van der Waals surface area (Å²) in [5.74, 6) is 5.32. The third-order valence-electron chi connectivity index (χ3n) is 15.9. The maximum absolute atomic E-state index is 12.5. The van der Waals surface area contributed by atoms with Gasteiger partial charge < -0.3 is 52.1 Å². The topological polar surface area (TPSA) is 153 Å². The number of carbonyl (C=O) groups is 3. The van der Waals surface area contributed by atoms with E-state index in [4.69, 9.17) is 52.1 Å². The molecule has 5 saturated carbocycles. The quantitative estimate of drug-likeness (QED) is 0.0483. The number of fused-ring (bicyclic) bond motifs is 2. The van der Waals surface area contributed by atoms with Gasteiger partial charge >= 0.3 is 17.9 Å². The Morgan fingerprint density at radius 1 is 0.482 bits per heavy atom. The zero-order valence-corrected chi connectivity index (χ0v) is 47.6. The van der Waals surface area contributed by atoms with Crippen molar-refractivity contribution >= 4 is 36.1 Å². The van der Waals surface area contributed by atoms with Crippen LogP contribution in [0, 0.1) is 23.7 Å². The van der Waals surface area contributed by atoms with Crippen LogP contribution in [-0.2, 0) is 9.47 Å². The molecule has 5 aliphatic carbocycles. The first kappa shape index (κ1) is 57.9. The summed E-state index contributed by atoms with van der Waals surface area (Å²) in [7, 11) is 0. The lowest BCUT2D eigenvalue weighted by Crippen LogP contribution is -2.62. The van der Waals surface area contributed by atoms with Gasteiger partial charge in [-0.1, -0.05) is 80.8 Å². The highest BCUT2D eigenvalue weighted by atomic mass is 16.7. The van der Waals surface area contributed by atoms with Crippen LogP contribution in [0.5, 0.6) is 51.7 Å². The summed E-state index contributed by atoms with van der Waals surface area (Å²) >= 11 is 0. The molecule has 4 bridgehead atoms. The predicted octanol–water partition coefficient (Wildman–Crippen LogP) is 15.5. The molecule has 2 unspecified atom stereocenters. The molecule has 2 spiro atoms. The SMILES string of the molecule is C=Cc1ccc(C(=O)Oc2ccc(OC(C)OCC)c(OC(C)OCC)c2)cc1.C=Cc1ccc(C(=O)Oc2ccc3c(c2)OC2(CCCCC2)O3)cc1.C=Cc1ccc(C(=O)Oc2ccc3c(c2)OC2(O3)C3CC4CC(C3)CC2C4)cc1. The first-order valence-electron chi connectivity index (χ1n) is 28.9. The number of hydrogen-bond acceptors (Lipinski definition) is 14. The molecule has 14 heteroatoms. The molecule has 14 nitrogen and oxygen atoms in total. The molecule has 6 aromatic carbocycles. The van der Waals surface area contributed by atoms with E-state index >= 15 is 0 Å². The van der Waals surface area contributed by atoms with E-state index in [1.165, 1.54) is 38.5 Å². The van der Waals surface area contributed by atoms with Crippen LogP contribution in [0.1, 0.15) is 140 Å². The van der Waals surface area contributed by atoms with E-state index in [1.54, 1.807) is 123 Å². The molecule has 7 aliphatic rings. The number of benzene rings is 6. The average molecular weight is 1130 g/mol. The van der Waals surface area contributed by atoms with E-state index in [9.17, 15) is 14.4 Å². The Balaban J connectivity index is 0.000000140. The molecule has 2 atom stereocenters. The monoisotopic (exact) mass is 1120 g/mol. The number of esters is 3. The van der Waals surface area contributed by atoms with Crippen molar-refractivity contribution in [3.05, 3.63) is 181 Å². The lowest BCUT2D eigenvalue weighted by Gasteiger charge is -2.57. The molecule has 6 aromatic rings. The lowest BCUT2D eigenvalue weighted by atomic mass is 9.53. The van der Waals surface area contributed by atoms with Gasteiger partial charge in [-0.05, 0) is 174 Å². The highest BCUT2D eigenvalue weighted by Gasteiger charge is 2.63. The fourth-order valence-electron chi connectivity index (χ4n) is 12.1. The molecule has 2 heterocycles. The Labute approximate surface area is 485 Å². The first-order valence-corrected chi connectivity index (χ1v) is 28.9. The van der Waals surface area contributed by atoms with Crippen molar-refractivity contribution in [2.45, 2.75) is 116 Å². The molecule has 0 aromatic heterocycles. The smallest absolute Gasteiger partial charge is 0.343 e. The minimum absolute atomic E-state index is 0.331. The summed E-state index contributed by atoms with van der Waals surface area (Å²) < 4.78 is 64.1. The van der Waals surface area contributed by atoms with Crippen LogP contribution < -0.4 is 42.6 Å². The van der Waals surface area contributed by atoms with Crippen molar-refractivity contribution in [1.82, 2.24) is 0 Å². The standard InChI is InChI=1S/C25H24O4.C23H28O6.C21H20O4/c1-2-15-3-5-18(6-4-15)24(26)27-21-7-8-22-23(14-21)29-25(28-22)19-10-16-9-17(12-19)13-20(25)11-16;1-6-18-9-11-19(12-10-18)23(24)29-20-13-14-21(27-16(4)25-7-2)22(15-20)28-17(5)26-8-3;1-2-15-6-8-16(9-7-15)20(22)23-17-10-11-18-19(14-17)25-21(24-18)12-4-3-5-13-21/h2-8,14,16-17,19-20H,1,9-13H2;6,9-17H,1,7-8H2,2-5H3;2,6-11,14H,1,3-5,12-13H2. The van der Waals surface area contributed by atoms with Gasteiger partial charge in [0.15, 0.2) is 47.1 Å². The molecule has 0 N–H and O–H groups in total. The van der Waals surface area contributed by atoms with E-state index in [1.807, 2.05) is 50.2 Å². The summed E-state index contributed by atoms with van der Waals surface area (Å²) in [6.45, 7) is 19.5. The third kappa shape index (κ3) is 13.6. The van der Waals surface area contributed by atoms with Crippen LogP contribution in [0.2, 0.25) is 0 Å². The average Bonchev–Trinajstić information content (AvgIpc) is 4.27. The maximum atomic E-state index is 12.5. The van der Waals surface area contributed by atoms with Crippen molar-refractivity contribution in [2.24, 2.45) is 23.7 Å². The van der Waals surface area contributed by atoms with Crippen LogP contribution in [0.3, 0.4) is 0 Å². The second kappa shape index (κ2) is 25.9. The highest BCUT2D eigenvalue weighted by molar-refractivity contribution is 5.92. The number of ether oxygens (including phenoxy) is 11. The fraction of sp³-hybridized carbons (Fsp3) is 0.348. The van der Waals surface area contributed by atoms with Gasteiger partial charge in [0.25, 0.3) is 11.6 Å². The van der Waals surface area contributed by atoms with Gasteiger partial charge in [0.1, 0.15) is 17.2 Å². The summed E-state index contributed by atoms with van der Waals surface area (Å²) in [5.41, 5.74) is 4.28. The van der Waals surface area contributed by atoms with Gasteiger partial charge in [-0.3, -0.25) is 0 Å². The van der Waals surface area contributed by atoms with E-state index in [-0.39, 0.29) is 5.97 Å². The zero-order chi connectivity index (χ0) is 58.1. The summed E-state index contributed by atoms with van der Waals surface area (Å²) in [5, 5.41) is 0. The Kier molecular flexibility index (Phi) is 18.0. The Morgan fingerprint density at radius 3 is 1.31 bits per heavy atom. The minimum Gasteiger partial charge on any atom is -0.461 e. The number of rotatable bonds is 17. The van der Waals surface area contributed by atoms with Crippen molar-refractivity contribution in [3.63, 3.8) is 0 Å². The van der Waals surface area contributed by atoms with Crippen molar-refractivity contribution in [1.29, 1.82) is 0 Å². The van der Waals surface area contributed by atoms with Gasteiger partial charge in [0, 0.05) is 56.1 Å². The second-order valence-corrected chi connectivity index (χ2v) is 21.7. The van der Waals surface area contributed by atoms with Crippen molar-refractivity contribution in [3.8, 4) is 51.7 Å². The molecule has 83 heavy (non-hydrogen) atoms. The summed E-state index contributed by atoms with van der Waals surface area (Å²) in [6.07, 6.45) is 15.7. The van der Waals surface area contributed by atoms with E-state index in [0.29, 0.717) is 82.0 Å². The van der Waals surface area contributed by atoms with Crippen molar-refractivity contribution < 1.29 is 66.5 Å². The third-order valence-corrected chi connectivity index (χ3v) is 15.9. The van der Waals surface area contributed by atoms with Gasteiger partial charge in [-0.2, -0.15) is 0 Å². The van der Waals surface area contributed by atoms with Gasteiger partial charge in [-0.15, -0.1) is 0 Å². The van der Waals surface area contributed by atoms with Crippen LogP contribution in [0.4, 0.5) is 0 Å². The molecule has 2 aliphatic heterocycles. The van der Waals surface area contributed by atoms with E-state index < -0.39 is 36.1 Å². The van der Waals surface area contributed by atoms with E-state index in [2.05, 4.69) is 19.7 Å². The lowest BCUT2D eigenvalue weighted by molar-refractivity contribution is -0.241. The summed E-state index contributed by atoms with van der Waals surface area (Å²) in [6, 6.07) is 36.9. The van der Waals surface area contributed by atoms with Gasteiger partial charge in [-0.25, -0.2) is 14.4 Å². The van der Waals surface area contributed by atoms with Crippen LogP contribution >= 0.6 is 0 Å². The zero-order valence-electron chi connectivity index (χ0n) is 47.6. The van der Waals surface area contributed by atoms with Crippen molar-refractivity contribution in [2.75, 3.05) is 13.2 Å². The fourth-order valence-corrected chi connectivity index (χ4v) is 12.1. The number of carbonyl (C=O) groups excluding carboxylic acids is 3. The van der Waals surface area contributed by atoms with Crippen LogP contribution in [0.25, 0.3) is 18.2 Å². The van der Waals surface area contributed by atoms with Crippen LogP contribution in [0.15, 0.2) is 147 Å². The molecule has 0 saturated heterocycles. The molecule has 432 valence electrons. The number of hydrogen-bond donors (Lipinski definition) is 0. The molecular formula is C69H72O14. The van der Waals surface area contributed by atoms with E-state index in [0.717, 1.165) is 65.7 Å². The second-order valence-electron chi connectivity index (χ2n) is 21.7. The van der Waals surface area contributed by atoms with Gasteiger partial charge in [0.2, 0.25) is 0 Å². The molecule has 0 amide bonds. The summed E-state index contributed by atoms with van der Waals surface area (Å²) in [4.78, 5) is 37.2. The maximum Gasteiger partial charge on any atom is 0.343 e. The first-order chi connectivity index (χ1) is 40.3. The Hall–Kier alpha value is -8.33. The van der Waals surface area contributed by atoms with Gasteiger partial charge in [0.05, 0.1) is 16.7 Å². The Bertz CT molecular complexity index is 3260. The highest BCUT2D eigenvalue weighted by Crippen LogP contribution is 2.63. The Morgan fingerprint density at radius 2 is 0.867 bits per heavy atom.